The second-order valence-corrected chi connectivity index (χ2v) is 9.25. The van der Waals surface area contributed by atoms with Gasteiger partial charge in [-0.2, -0.15) is 0 Å². The molecule has 1 fully saturated rings. The molecule has 162 valence electrons. The molecular weight excluding hydrogens is 489 g/mol. The molecule has 3 aromatic carbocycles. The molecule has 0 bridgehead atoms. The van der Waals surface area contributed by atoms with Crippen molar-refractivity contribution in [2.45, 2.75) is 13.2 Å². The van der Waals surface area contributed by atoms with Gasteiger partial charge in [0.1, 0.15) is 12.4 Å². The molecule has 0 N–H and O–H groups in total. The first-order chi connectivity index (χ1) is 15.4. The SMILES string of the molecule is O=C1S/C(=C\c2ccc(OCc3ccc(Cl)c(Cl)c3)cc2)C(=O)N1Cc1cccc(Cl)c1. The number of imide groups is 1. The van der Waals surface area contributed by atoms with Crippen molar-refractivity contribution in [1.29, 1.82) is 0 Å². The van der Waals surface area contributed by atoms with Gasteiger partial charge in [0.25, 0.3) is 11.1 Å². The monoisotopic (exact) mass is 503 g/mol. The summed E-state index contributed by atoms with van der Waals surface area (Å²) >= 11 is 18.9. The first kappa shape index (κ1) is 22.7. The molecule has 2 amide bonds. The predicted molar refractivity (Wildman–Crippen MR) is 130 cm³/mol. The standard InChI is InChI=1S/C24H16Cl3NO3S/c25-18-3-1-2-16(10-18)13-28-23(29)22(32-24(28)30)12-15-4-7-19(8-5-15)31-14-17-6-9-20(26)21(27)11-17/h1-12H,13-14H2/b22-12-. The third-order valence-corrected chi connectivity index (χ3v) is 6.55. The zero-order chi connectivity index (χ0) is 22.7. The van der Waals surface area contributed by atoms with Gasteiger partial charge in [-0.15, -0.1) is 0 Å². The van der Waals surface area contributed by atoms with Crippen LogP contribution in [0.5, 0.6) is 5.75 Å². The van der Waals surface area contributed by atoms with Crippen molar-refractivity contribution in [2.24, 2.45) is 0 Å². The molecule has 3 aromatic rings. The van der Waals surface area contributed by atoms with Crippen molar-refractivity contribution in [3.05, 3.63) is 103 Å². The number of hydrogen-bond donors (Lipinski definition) is 0. The molecule has 0 aromatic heterocycles. The number of carbonyl (C=O) groups excluding carboxylic acids is 2. The minimum Gasteiger partial charge on any atom is -0.489 e. The molecule has 4 nitrogen and oxygen atoms in total. The van der Waals surface area contributed by atoms with Crippen molar-refractivity contribution >= 4 is 63.8 Å². The highest BCUT2D eigenvalue weighted by Crippen LogP contribution is 2.33. The number of carbonyl (C=O) groups is 2. The minimum atomic E-state index is -0.320. The molecule has 1 aliphatic heterocycles. The van der Waals surface area contributed by atoms with Crippen LogP contribution in [0.1, 0.15) is 16.7 Å². The maximum atomic E-state index is 12.7. The normalized spacial score (nSPS) is 15.0. The summed E-state index contributed by atoms with van der Waals surface area (Å²) in [5.41, 5.74) is 2.49. The van der Waals surface area contributed by atoms with Crippen LogP contribution < -0.4 is 4.74 Å². The Morgan fingerprint density at radius 3 is 2.38 bits per heavy atom. The van der Waals surface area contributed by atoms with Gasteiger partial charge in [0, 0.05) is 5.02 Å². The number of thioether (sulfide) groups is 1. The van der Waals surface area contributed by atoms with E-state index in [0.29, 0.717) is 32.3 Å². The Kier molecular flexibility index (Phi) is 7.11. The molecule has 1 heterocycles. The van der Waals surface area contributed by atoms with Crippen LogP contribution in [0.15, 0.2) is 71.6 Å². The van der Waals surface area contributed by atoms with Gasteiger partial charge in [-0.3, -0.25) is 14.5 Å². The molecule has 0 radical (unpaired) electrons. The van der Waals surface area contributed by atoms with Crippen LogP contribution >= 0.6 is 46.6 Å². The highest BCUT2D eigenvalue weighted by atomic mass is 35.5. The van der Waals surface area contributed by atoms with Crippen molar-refractivity contribution in [2.75, 3.05) is 0 Å². The average molecular weight is 505 g/mol. The van der Waals surface area contributed by atoms with E-state index in [1.807, 2.05) is 24.3 Å². The molecule has 1 aliphatic rings. The molecule has 0 saturated carbocycles. The number of halogens is 3. The first-order valence-electron chi connectivity index (χ1n) is 9.55. The third-order valence-electron chi connectivity index (χ3n) is 4.67. The second kappa shape index (κ2) is 10.0. The van der Waals surface area contributed by atoms with E-state index < -0.39 is 0 Å². The topological polar surface area (TPSA) is 46.6 Å². The maximum Gasteiger partial charge on any atom is 0.293 e. The second-order valence-electron chi connectivity index (χ2n) is 7.00. The Hall–Kier alpha value is -2.44. The highest BCUT2D eigenvalue weighted by molar-refractivity contribution is 8.18. The zero-order valence-electron chi connectivity index (χ0n) is 16.6. The number of amides is 2. The molecular formula is C24H16Cl3NO3S. The summed E-state index contributed by atoms with van der Waals surface area (Å²) in [5, 5.41) is 1.23. The Bertz CT molecular complexity index is 1210. The lowest BCUT2D eigenvalue weighted by molar-refractivity contribution is -0.123. The highest BCUT2D eigenvalue weighted by Gasteiger charge is 2.34. The van der Waals surface area contributed by atoms with Gasteiger partial charge >= 0.3 is 0 Å². The van der Waals surface area contributed by atoms with Gasteiger partial charge in [0.15, 0.2) is 0 Å². The van der Waals surface area contributed by atoms with Gasteiger partial charge in [-0.05, 0) is 70.9 Å². The smallest absolute Gasteiger partial charge is 0.293 e. The lowest BCUT2D eigenvalue weighted by Crippen LogP contribution is -2.27. The van der Waals surface area contributed by atoms with E-state index in [1.165, 1.54) is 4.90 Å². The maximum absolute atomic E-state index is 12.7. The molecule has 1 saturated heterocycles. The van der Waals surface area contributed by atoms with Crippen molar-refractivity contribution in [1.82, 2.24) is 4.90 Å². The molecule has 0 unspecified atom stereocenters. The third kappa shape index (κ3) is 5.48. The van der Waals surface area contributed by atoms with Crippen LogP contribution in [0.3, 0.4) is 0 Å². The number of hydrogen-bond acceptors (Lipinski definition) is 4. The Morgan fingerprint density at radius 1 is 0.875 bits per heavy atom. The molecule has 4 rings (SSSR count). The van der Waals surface area contributed by atoms with E-state index in [2.05, 4.69) is 0 Å². The zero-order valence-corrected chi connectivity index (χ0v) is 19.6. The summed E-state index contributed by atoms with van der Waals surface area (Å²) in [6.07, 6.45) is 1.70. The van der Waals surface area contributed by atoms with Gasteiger partial charge < -0.3 is 4.74 Å². The summed E-state index contributed by atoms with van der Waals surface area (Å²) in [5.74, 6) is 0.349. The van der Waals surface area contributed by atoms with Crippen molar-refractivity contribution < 1.29 is 14.3 Å². The summed E-state index contributed by atoms with van der Waals surface area (Å²) < 4.78 is 5.78. The summed E-state index contributed by atoms with van der Waals surface area (Å²) in [7, 11) is 0. The van der Waals surface area contributed by atoms with E-state index in [9.17, 15) is 9.59 Å². The quantitative estimate of drug-likeness (QED) is 0.327. The first-order valence-corrected chi connectivity index (χ1v) is 11.5. The van der Waals surface area contributed by atoms with Crippen LogP contribution in [-0.2, 0) is 17.9 Å². The van der Waals surface area contributed by atoms with E-state index in [1.54, 1.807) is 48.5 Å². The number of ether oxygens (including phenoxy) is 1. The summed E-state index contributed by atoms with van der Waals surface area (Å²) in [6.45, 7) is 0.530. The minimum absolute atomic E-state index is 0.185. The largest absolute Gasteiger partial charge is 0.489 e. The number of rotatable bonds is 6. The van der Waals surface area contributed by atoms with Gasteiger partial charge in [-0.25, -0.2) is 0 Å². The van der Waals surface area contributed by atoms with E-state index >= 15 is 0 Å². The predicted octanol–water partition coefficient (Wildman–Crippen LogP) is 7.46. The van der Waals surface area contributed by atoms with E-state index in [0.717, 1.165) is 28.5 Å². The van der Waals surface area contributed by atoms with Crippen LogP contribution in [-0.4, -0.2) is 16.0 Å². The lowest BCUT2D eigenvalue weighted by Gasteiger charge is -2.12. The molecule has 8 heteroatoms. The fourth-order valence-electron chi connectivity index (χ4n) is 3.06. The van der Waals surface area contributed by atoms with Crippen LogP contribution in [0, 0.1) is 0 Å². The Labute approximate surface area is 204 Å². The van der Waals surface area contributed by atoms with E-state index in [-0.39, 0.29) is 17.7 Å². The van der Waals surface area contributed by atoms with Crippen molar-refractivity contribution in [3.63, 3.8) is 0 Å². The van der Waals surface area contributed by atoms with Crippen LogP contribution in [0.25, 0.3) is 6.08 Å². The molecule has 32 heavy (non-hydrogen) atoms. The molecule has 0 spiro atoms. The molecule has 0 atom stereocenters. The van der Waals surface area contributed by atoms with Gasteiger partial charge in [0.2, 0.25) is 0 Å². The van der Waals surface area contributed by atoms with Gasteiger partial charge in [0.05, 0.1) is 21.5 Å². The van der Waals surface area contributed by atoms with Crippen molar-refractivity contribution in [3.8, 4) is 5.75 Å². The fraction of sp³-hybridized carbons (Fsp3) is 0.0833. The number of nitrogens with zero attached hydrogens (tertiary/aromatic N) is 1. The van der Waals surface area contributed by atoms with Crippen LogP contribution in [0.4, 0.5) is 4.79 Å². The summed E-state index contributed by atoms with van der Waals surface area (Å²) in [6, 6.07) is 19.7. The van der Waals surface area contributed by atoms with E-state index in [4.69, 9.17) is 39.5 Å². The molecule has 0 aliphatic carbocycles. The summed E-state index contributed by atoms with van der Waals surface area (Å²) in [4.78, 5) is 26.7. The Balaban J connectivity index is 1.40. The van der Waals surface area contributed by atoms with Gasteiger partial charge in [-0.1, -0.05) is 65.1 Å². The number of benzene rings is 3. The lowest BCUT2D eigenvalue weighted by atomic mass is 10.2. The van der Waals surface area contributed by atoms with Crippen LogP contribution in [0.2, 0.25) is 15.1 Å². The average Bonchev–Trinajstić information content (AvgIpc) is 3.03. The Morgan fingerprint density at radius 2 is 1.66 bits per heavy atom. The fourth-order valence-corrected chi connectivity index (χ4v) is 4.43.